The van der Waals surface area contributed by atoms with E-state index in [1.807, 2.05) is 0 Å². The van der Waals surface area contributed by atoms with Crippen molar-refractivity contribution in [3.05, 3.63) is 41.1 Å². The van der Waals surface area contributed by atoms with Gasteiger partial charge in [0.05, 0.1) is 12.0 Å². The zero-order valence-electron chi connectivity index (χ0n) is 10.2. The molecule has 0 amide bonds. The number of imidazole rings is 1. The predicted octanol–water partition coefficient (Wildman–Crippen LogP) is 2.32. The number of nitrogens with zero attached hydrogens (tertiary/aromatic N) is 2. The van der Waals surface area contributed by atoms with E-state index in [-0.39, 0.29) is 15.9 Å². The summed E-state index contributed by atoms with van der Waals surface area (Å²) in [5, 5.41) is -0.304. The molecule has 0 spiro atoms. The molecule has 0 saturated carbocycles. The van der Waals surface area contributed by atoms with Crippen LogP contribution in [0.5, 0.6) is 0 Å². The van der Waals surface area contributed by atoms with Gasteiger partial charge in [-0.15, -0.1) is 0 Å². The molecule has 8 heteroatoms. The number of sulfonamides is 1. The van der Waals surface area contributed by atoms with Gasteiger partial charge in [0, 0.05) is 7.05 Å². The van der Waals surface area contributed by atoms with Crippen molar-refractivity contribution in [3.8, 4) is 0 Å². The Morgan fingerprint density at radius 3 is 2.68 bits per heavy atom. The third kappa shape index (κ3) is 2.71. The van der Waals surface area contributed by atoms with Crippen LogP contribution >= 0.6 is 11.6 Å². The molecule has 1 N–H and O–H groups in total. The molecule has 0 radical (unpaired) electrons. The summed E-state index contributed by atoms with van der Waals surface area (Å²) in [7, 11) is -2.37. The minimum absolute atomic E-state index is 0.0124. The minimum Gasteiger partial charge on any atom is -0.324 e. The number of halogens is 2. The highest BCUT2D eigenvalue weighted by Gasteiger charge is 2.23. The predicted molar refractivity (Wildman–Crippen MR) is 70.2 cm³/mol. The average Bonchev–Trinajstić information content (AvgIpc) is 2.65. The second-order valence-corrected chi connectivity index (χ2v) is 5.97. The lowest BCUT2D eigenvalue weighted by atomic mass is 10.2. The Bertz CT molecular complexity index is 728. The van der Waals surface area contributed by atoms with Gasteiger partial charge in [-0.2, -0.15) is 8.42 Å². The van der Waals surface area contributed by atoms with Gasteiger partial charge in [-0.25, -0.2) is 9.37 Å². The fourth-order valence-electron chi connectivity index (χ4n) is 1.47. The van der Waals surface area contributed by atoms with Crippen molar-refractivity contribution in [3.63, 3.8) is 0 Å². The highest BCUT2D eigenvalue weighted by Crippen LogP contribution is 2.24. The monoisotopic (exact) mass is 303 g/mol. The van der Waals surface area contributed by atoms with E-state index in [4.69, 9.17) is 11.6 Å². The molecule has 0 fully saturated rings. The van der Waals surface area contributed by atoms with E-state index in [0.717, 1.165) is 6.07 Å². The Morgan fingerprint density at radius 1 is 1.42 bits per heavy atom. The Hall–Kier alpha value is -1.60. The highest BCUT2D eigenvalue weighted by atomic mass is 35.5. The summed E-state index contributed by atoms with van der Waals surface area (Å²) in [6, 6.07) is 3.83. The first kappa shape index (κ1) is 13.8. The molecule has 0 atom stereocenters. The molecular formula is C11H11ClFN3O2S. The standard InChI is InChI=1S/C11H11ClFN3O2S/c1-7-3-4-8(13)5-9(7)15-19(17,18)11-10(12)16(2)6-14-11/h3-6,15H,1-2H3. The average molecular weight is 304 g/mol. The molecule has 2 rings (SSSR count). The van der Waals surface area contributed by atoms with Crippen LogP contribution in [0, 0.1) is 12.7 Å². The Balaban J connectivity index is 2.42. The van der Waals surface area contributed by atoms with Gasteiger partial charge in [0.2, 0.25) is 5.03 Å². The first-order valence-corrected chi connectivity index (χ1v) is 7.13. The van der Waals surface area contributed by atoms with Crippen LogP contribution in [-0.4, -0.2) is 18.0 Å². The van der Waals surface area contributed by atoms with E-state index in [2.05, 4.69) is 9.71 Å². The zero-order valence-corrected chi connectivity index (χ0v) is 11.8. The van der Waals surface area contributed by atoms with E-state index < -0.39 is 15.8 Å². The van der Waals surface area contributed by atoms with Gasteiger partial charge >= 0.3 is 0 Å². The minimum atomic E-state index is -3.94. The summed E-state index contributed by atoms with van der Waals surface area (Å²) in [5.41, 5.74) is 0.749. The van der Waals surface area contributed by atoms with Gasteiger partial charge < -0.3 is 4.57 Å². The van der Waals surface area contributed by atoms with Crippen LogP contribution in [0.1, 0.15) is 5.56 Å². The molecule has 0 saturated heterocycles. The molecule has 0 unspecified atom stereocenters. The molecule has 1 aromatic heterocycles. The SMILES string of the molecule is Cc1ccc(F)cc1NS(=O)(=O)c1ncn(C)c1Cl. The van der Waals surface area contributed by atoms with E-state index in [1.165, 1.54) is 23.0 Å². The van der Waals surface area contributed by atoms with Crippen molar-refractivity contribution in [1.82, 2.24) is 9.55 Å². The largest absolute Gasteiger partial charge is 0.324 e. The van der Waals surface area contributed by atoms with Gasteiger partial charge in [0.25, 0.3) is 10.0 Å². The molecule has 0 aliphatic rings. The fraction of sp³-hybridized carbons (Fsp3) is 0.182. The van der Waals surface area contributed by atoms with Crippen molar-refractivity contribution >= 4 is 27.3 Å². The summed E-state index contributed by atoms with van der Waals surface area (Å²) in [5.74, 6) is -0.532. The van der Waals surface area contributed by atoms with Crippen LogP contribution in [0.15, 0.2) is 29.6 Å². The third-order valence-electron chi connectivity index (χ3n) is 2.53. The number of rotatable bonds is 3. The topological polar surface area (TPSA) is 64.0 Å². The summed E-state index contributed by atoms with van der Waals surface area (Å²) in [4.78, 5) is 3.72. The van der Waals surface area contributed by atoms with Crippen molar-refractivity contribution in [2.45, 2.75) is 11.9 Å². The third-order valence-corrected chi connectivity index (χ3v) is 4.39. The lowest BCUT2D eigenvalue weighted by molar-refractivity contribution is 0.598. The van der Waals surface area contributed by atoms with E-state index in [1.54, 1.807) is 14.0 Å². The Labute approximate surface area is 115 Å². The van der Waals surface area contributed by atoms with E-state index in [9.17, 15) is 12.8 Å². The quantitative estimate of drug-likeness (QED) is 0.946. The normalized spacial score (nSPS) is 11.6. The van der Waals surface area contributed by atoms with Gasteiger partial charge in [0.15, 0.2) is 0 Å². The molecule has 19 heavy (non-hydrogen) atoms. The molecule has 0 aliphatic heterocycles. The maximum absolute atomic E-state index is 13.1. The summed E-state index contributed by atoms with van der Waals surface area (Å²) in [6.07, 6.45) is 1.29. The highest BCUT2D eigenvalue weighted by molar-refractivity contribution is 7.92. The van der Waals surface area contributed by atoms with Crippen LogP contribution in [0.2, 0.25) is 5.15 Å². The van der Waals surface area contributed by atoms with Crippen molar-refractivity contribution in [2.75, 3.05) is 4.72 Å². The molecule has 102 valence electrons. The molecule has 0 bridgehead atoms. The lowest BCUT2D eigenvalue weighted by Gasteiger charge is -2.09. The van der Waals surface area contributed by atoms with Crippen molar-refractivity contribution in [1.29, 1.82) is 0 Å². The molecule has 2 aromatic rings. The first-order valence-electron chi connectivity index (χ1n) is 5.27. The maximum atomic E-state index is 13.1. The number of anilines is 1. The molecule has 5 nitrogen and oxygen atoms in total. The molecular weight excluding hydrogens is 293 g/mol. The summed E-state index contributed by atoms with van der Waals surface area (Å²) >= 11 is 5.84. The Morgan fingerprint density at radius 2 is 2.11 bits per heavy atom. The summed E-state index contributed by atoms with van der Waals surface area (Å²) < 4.78 is 41.0. The lowest BCUT2D eigenvalue weighted by Crippen LogP contribution is -2.15. The molecule has 1 aromatic carbocycles. The van der Waals surface area contributed by atoms with Crippen molar-refractivity contribution < 1.29 is 12.8 Å². The number of aryl methyl sites for hydroxylation is 2. The van der Waals surface area contributed by atoms with E-state index >= 15 is 0 Å². The number of hydrogen-bond donors (Lipinski definition) is 1. The van der Waals surface area contributed by atoms with E-state index in [0.29, 0.717) is 5.56 Å². The number of nitrogens with one attached hydrogen (secondary N) is 1. The number of hydrogen-bond acceptors (Lipinski definition) is 3. The molecule has 1 heterocycles. The van der Waals surface area contributed by atoms with Gasteiger partial charge in [-0.3, -0.25) is 4.72 Å². The smallest absolute Gasteiger partial charge is 0.282 e. The van der Waals surface area contributed by atoms with Crippen LogP contribution in [-0.2, 0) is 17.1 Å². The number of benzene rings is 1. The number of aromatic nitrogens is 2. The van der Waals surface area contributed by atoms with Crippen LogP contribution < -0.4 is 4.72 Å². The van der Waals surface area contributed by atoms with Crippen LogP contribution in [0.3, 0.4) is 0 Å². The fourth-order valence-corrected chi connectivity index (χ4v) is 3.03. The van der Waals surface area contributed by atoms with Crippen LogP contribution in [0.4, 0.5) is 10.1 Å². The van der Waals surface area contributed by atoms with Crippen molar-refractivity contribution in [2.24, 2.45) is 7.05 Å². The second-order valence-electron chi connectivity index (χ2n) is 4.02. The van der Waals surface area contributed by atoms with Gasteiger partial charge in [-0.05, 0) is 24.6 Å². The maximum Gasteiger partial charge on any atom is 0.282 e. The van der Waals surface area contributed by atoms with Gasteiger partial charge in [0.1, 0.15) is 11.0 Å². The van der Waals surface area contributed by atoms with Gasteiger partial charge in [-0.1, -0.05) is 17.7 Å². The zero-order chi connectivity index (χ0) is 14.2. The van der Waals surface area contributed by atoms with Crippen LogP contribution in [0.25, 0.3) is 0 Å². The molecule has 0 aliphatic carbocycles. The summed E-state index contributed by atoms with van der Waals surface area (Å²) in [6.45, 7) is 1.66. The second kappa shape index (κ2) is 4.82. The Kier molecular flexibility index (Phi) is 3.51. The first-order chi connectivity index (χ1) is 8.81.